The van der Waals surface area contributed by atoms with Crippen LogP contribution < -0.4 is 5.32 Å². The first-order valence-electron chi connectivity index (χ1n) is 7.62. The number of hydrogen-bond donors (Lipinski definition) is 2. The SMILES string of the molecule is CC1(C)CCCC(C)(C)[N+]1(O)C1CCCCC(=O)N1. The Balaban J connectivity index is 2.37. The lowest BCUT2D eigenvalue weighted by molar-refractivity contribution is -1.19. The maximum absolute atomic E-state index is 11.9. The van der Waals surface area contributed by atoms with Crippen LogP contribution in [-0.2, 0) is 4.79 Å². The van der Waals surface area contributed by atoms with Gasteiger partial charge in [0, 0.05) is 25.7 Å². The first kappa shape index (κ1) is 14.8. The van der Waals surface area contributed by atoms with E-state index in [1.807, 2.05) is 0 Å². The number of rotatable bonds is 1. The number of piperidine rings is 1. The van der Waals surface area contributed by atoms with Crippen molar-refractivity contribution in [2.24, 2.45) is 0 Å². The highest BCUT2D eigenvalue weighted by molar-refractivity contribution is 5.76. The summed E-state index contributed by atoms with van der Waals surface area (Å²) in [4.78, 5) is 11.9. The molecule has 2 aliphatic heterocycles. The van der Waals surface area contributed by atoms with Crippen LogP contribution in [-0.4, -0.2) is 33.0 Å². The van der Waals surface area contributed by atoms with E-state index >= 15 is 0 Å². The zero-order valence-corrected chi connectivity index (χ0v) is 12.8. The molecule has 1 unspecified atom stereocenters. The molecule has 2 heterocycles. The fourth-order valence-electron chi connectivity index (χ4n) is 4.19. The summed E-state index contributed by atoms with van der Waals surface area (Å²) < 4.78 is -0.0221. The van der Waals surface area contributed by atoms with Gasteiger partial charge in [-0.15, -0.1) is 0 Å². The van der Waals surface area contributed by atoms with Crippen LogP contribution in [0.25, 0.3) is 0 Å². The number of carbonyl (C=O) groups is 1. The maximum atomic E-state index is 11.9. The summed E-state index contributed by atoms with van der Waals surface area (Å²) in [6.07, 6.45) is 6.38. The van der Waals surface area contributed by atoms with E-state index in [1.165, 1.54) is 0 Å². The molecular weight excluding hydrogens is 240 g/mol. The quantitative estimate of drug-likeness (QED) is 0.719. The molecule has 2 saturated heterocycles. The van der Waals surface area contributed by atoms with Gasteiger partial charge in [-0.05, 0) is 47.0 Å². The maximum Gasteiger partial charge on any atom is 0.224 e. The summed E-state index contributed by atoms with van der Waals surface area (Å²) in [5.41, 5.74) is -0.436. The van der Waals surface area contributed by atoms with Crippen LogP contribution in [0.5, 0.6) is 0 Å². The number of nitrogens with one attached hydrogen (secondary N) is 1. The van der Waals surface area contributed by atoms with Crippen LogP contribution in [0.15, 0.2) is 0 Å². The topological polar surface area (TPSA) is 49.3 Å². The molecule has 0 aromatic carbocycles. The van der Waals surface area contributed by atoms with Gasteiger partial charge < -0.3 is 5.32 Å². The van der Waals surface area contributed by atoms with E-state index in [-0.39, 0.29) is 27.8 Å². The molecule has 0 aliphatic carbocycles. The van der Waals surface area contributed by atoms with Gasteiger partial charge in [0.25, 0.3) is 0 Å². The fraction of sp³-hybridized carbons (Fsp3) is 0.933. The fourth-order valence-corrected chi connectivity index (χ4v) is 4.19. The van der Waals surface area contributed by atoms with Gasteiger partial charge in [0.1, 0.15) is 11.1 Å². The molecule has 0 spiro atoms. The molecule has 4 heteroatoms. The standard InChI is InChI=1S/C15H28N2O2/c1-14(2)10-7-11-15(3,4)17(14,19)12-8-5-6-9-13(18)16-12/h12,19H,5-11H2,1-4H3/p+1. The van der Waals surface area contributed by atoms with E-state index in [4.69, 9.17) is 0 Å². The summed E-state index contributed by atoms with van der Waals surface area (Å²) in [5.74, 6) is 0.0891. The second-order valence-electron chi connectivity index (χ2n) is 7.49. The third kappa shape index (κ3) is 2.29. The van der Waals surface area contributed by atoms with Crippen molar-refractivity contribution in [3.05, 3.63) is 0 Å². The molecule has 2 fully saturated rings. The van der Waals surface area contributed by atoms with Gasteiger partial charge in [-0.25, -0.2) is 5.21 Å². The molecule has 0 bridgehead atoms. The number of likely N-dealkylation sites (tertiary alicyclic amines) is 1. The summed E-state index contributed by atoms with van der Waals surface area (Å²) in [7, 11) is 0. The lowest BCUT2D eigenvalue weighted by Gasteiger charge is -2.58. The van der Waals surface area contributed by atoms with Gasteiger partial charge in [0.2, 0.25) is 5.91 Å². The Kier molecular flexibility index (Phi) is 3.69. The Morgan fingerprint density at radius 3 is 2.26 bits per heavy atom. The van der Waals surface area contributed by atoms with Crippen molar-refractivity contribution in [3.8, 4) is 0 Å². The molecule has 0 aromatic heterocycles. The Bertz CT molecular complexity index is 347. The van der Waals surface area contributed by atoms with Gasteiger partial charge in [-0.2, -0.15) is 4.65 Å². The van der Waals surface area contributed by atoms with Crippen molar-refractivity contribution >= 4 is 5.91 Å². The lowest BCUT2D eigenvalue weighted by atomic mass is 9.78. The zero-order chi connectivity index (χ0) is 14.3. The van der Waals surface area contributed by atoms with Gasteiger partial charge in [0.05, 0.1) is 0 Å². The van der Waals surface area contributed by atoms with Crippen molar-refractivity contribution in [2.45, 2.75) is 89.9 Å². The van der Waals surface area contributed by atoms with E-state index < -0.39 is 0 Å². The molecule has 2 aliphatic rings. The number of carbonyl (C=O) groups excluding carboxylic acids is 1. The minimum absolute atomic E-state index is 0.0221. The molecule has 4 nitrogen and oxygen atoms in total. The minimum Gasteiger partial charge on any atom is -0.304 e. The molecule has 1 atom stereocenters. The number of nitrogens with zero attached hydrogens (tertiary/aromatic N) is 1. The van der Waals surface area contributed by atoms with Gasteiger partial charge in [-0.1, -0.05) is 0 Å². The Labute approximate surface area is 116 Å². The van der Waals surface area contributed by atoms with E-state index in [0.29, 0.717) is 6.42 Å². The summed E-state index contributed by atoms with van der Waals surface area (Å²) >= 11 is 0. The normalized spacial score (nSPS) is 33.3. The number of amides is 1. The molecule has 0 aromatic rings. The molecule has 0 radical (unpaired) electrons. The van der Waals surface area contributed by atoms with E-state index in [0.717, 1.165) is 38.5 Å². The van der Waals surface area contributed by atoms with Crippen molar-refractivity contribution in [1.82, 2.24) is 5.32 Å². The van der Waals surface area contributed by atoms with Crippen LogP contribution >= 0.6 is 0 Å². The van der Waals surface area contributed by atoms with Crippen LogP contribution in [0.4, 0.5) is 0 Å². The lowest BCUT2D eigenvalue weighted by Crippen LogP contribution is -2.78. The smallest absolute Gasteiger partial charge is 0.224 e. The highest BCUT2D eigenvalue weighted by Crippen LogP contribution is 2.46. The van der Waals surface area contributed by atoms with Crippen molar-refractivity contribution in [3.63, 3.8) is 0 Å². The monoisotopic (exact) mass is 269 g/mol. The Hall–Kier alpha value is -0.610. The largest absolute Gasteiger partial charge is 0.304 e. The predicted molar refractivity (Wildman–Crippen MR) is 74.5 cm³/mol. The third-order valence-electron chi connectivity index (χ3n) is 5.33. The van der Waals surface area contributed by atoms with Crippen LogP contribution in [0.2, 0.25) is 0 Å². The van der Waals surface area contributed by atoms with Crippen LogP contribution in [0, 0.1) is 0 Å². The molecule has 2 rings (SSSR count). The molecule has 1 amide bonds. The second-order valence-corrected chi connectivity index (χ2v) is 7.49. The first-order valence-corrected chi connectivity index (χ1v) is 7.62. The van der Waals surface area contributed by atoms with Crippen molar-refractivity contribution in [2.75, 3.05) is 0 Å². The predicted octanol–water partition coefficient (Wildman–Crippen LogP) is 2.95. The summed E-state index contributed by atoms with van der Waals surface area (Å²) in [6, 6.07) is 0. The summed E-state index contributed by atoms with van der Waals surface area (Å²) in [5, 5.41) is 14.6. The number of hydrogen-bond acceptors (Lipinski definition) is 2. The van der Waals surface area contributed by atoms with E-state index in [1.54, 1.807) is 0 Å². The van der Waals surface area contributed by atoms with E-state index in [2.05, 4.69) is 33.0 Å². The highest BCUT2D eigenvalue weighted by Gasteiger charge is 2.61. The first-order chi connectivity index (χ1) is 8.71. The van der Waals surface area contributed by atoms with Crippen LogP contribution in [0.1, 0.15) is 72.6 Å². The Morgan fingerprint density at radius 2 is 1.68 bits per heavy atom. The molecular formula is C15H29N2O2+. The zero-order valence-electron chi connectivity index (χ0n) is 12.8. The third-order valence-corrected chi connectivity index (χ3v) is 5.33. The Morgan fingerprint density at radius 1 is 1.11 bits per heavy atom. The average Bonchev–Trinajstić information content (AvgIpc) is 2.50. The molecule has 2 N–H and O–H groups in total. The summed E-state index contributed by atoms with van der Waals surface area (Å²) in [6.45, 7) is 8.52. The van der Waals surface area contributed by atoms with Crippen molar-refractivity contribution in [1.29, 1.82) is 0 Å². The van der Waals surface area contributed by atoms with Gasteiger partial charge in [-0.3, -0.25) is 4.79 Å². The molecule has 0 saturated carbocycles. The van der Waals surface area contributed by atoms with Gasteiger partial charge >= 0.3 is 0 Å². The highest BCUT2D eigenvalue weighted by atomic mass is 16.6. The molecule has 19 heavy (non-hydrogen) atoms. The number of hydroxylamine groups is 3. The number of quaternary nitrogens is 1. The minimum atomic E-state index is -0.218. The average molecular weight is 269 g/mol. The molecule has 110 valence electrons. The van der Waals surface area contributed by atoms with Crippen LogP contribution in [0.3, 0.4) is 0 Å². The second kappa shape index (κ2) is 4.74. The van der Waals surface area contributed by atoms with Crippen molar-refractivity contribution < 1.29 is 14.6 Å². The van der Waals surface area contributed by atoms with E-state index in [9.17, 15) is 10.0 Å². The van der Waals surface area contributed by atoms with Gasteiger partial charge in [0.15, 0.2) is 6.17 Å².